The maximum Gasteiger partial charge on any atom is 0.475 e. The molecule has 0 saturated carbocycles. The minimum Gasteiger partial charge on any atom is -0.464 e. The summed E-state index contributed by atoms with van der Waals surface area (Å²) >= 11 is 0. The lowest BCUT2D eigenvalue weighted by Gasteiger charge is -2.17. The molecule has 2 atom stereocenters. The maximum absolute atomic E-state index is 12.4. The van der Waals surface area contributed by atoms with Crippen molar-refractivity contribution in [3.05, 3.63) is 65.9 Å². The molecule has 1 amide bonds. The minimum absolute atomic E-state index is 0.0593. The summed E-state index contributed by atoms with van der Waals surface area (Å²) in [4.78, 5) is 13.0. The van der Waals surface area contributed by atoms with Crippen LogP contribution in [0.4, 0.5) is 0 Å². The van der Waals surface area contributed by atoms with Gasteiger partial charge in [-0.2, -0.15) is 0 Å². The second kappa shape index (κ2) is 8.81. The fourth-order valence-corrected chi connectivity index (χ4v) is 3.92. The Morgan fingerprint density at radius 2 is 1.90 bits per heavy atom. The minimum atomic E-state index is -2.42. The number of rotatable bonds is 7. The Labute approximate surface area is 170 Å². The normalized spacial score (nSPS) is 14.2. The van der Waals surface area contributed by atoms with Crippen molar-refractivity contribution in [3.8, 4) is 0 Å². The number of para-hydroxylation sites is 1. The fraction of sp³-hybridized carbons (Fsp3) is 0.250. The lowest BCUT2D eigenvalue weighted by Crippen LogP contribution is -2.48. The second-order valence-electron chi connectivity index (χ2n) is 6.85. The molecule has 0 aliphatic rings. The molecule has 0 fully saturated rings. The summed E-state index contributed by atoms with van der Waals surface area (Å²) in [6, 6.07) is 14.2. The van der Waals surface area contributed by atoms with Crippen molar-refractivity contribution < 1.29 is 23.5 Å². The molecule has 0 spiro atoms. The van der Waals surface area contributed by atoms with Gasteiger partial charge in [0.15, 0.2) is 0 Å². The Morgan fingerprint density at radius 1 is 1.21 bits per heavy atom. The van der Waals surface area contributed by atoms with Gasteiger partial charge in [0, 0.05) is 23.6 Å². The molecule has 3 N–H and O–H groups in total. The standard InChI is InChI=1S/C20H23BN2O5S/c1-22-29(2,27)16-9-7-14(8-10-16)11-20(24)23-19(21(25)26)12-15-13-28-18-6-4-3-5-17(15)18/h3-10,13,19,25-26H,11-12H2,1-2H3,(H,23,24)/t19-,29?/m0/s1. The van der Waals surface area contributed by atoms with Crippen molar-refractivity contribution in [1.82, 2.24) is 5.32 Å². The molecule has 152 valence electrons. The zero-order valence-corrected chi connectivity index (χ0v) is 17.1. The third-order valence-corrected chi connectivity index (χ3v) is 6.62. The lowest BCUT2D eigenvalue weighted by atomic mass is 9.75. The molecule has 2 aromatic carbocycles. The third kappa shape index (κ3) is 5.06. The molecule has 0 aliphatic carbocycles. The molecule has 0 bridgehead atoms. The van der Waals surface area contributed by atoms with E-state index in [0.29, 0.717) is 10.5 Å². The third-order valence-electron chi connectivity index (χ3n) is 4.78. The average molecular weight is 414 g/mol. The smallest absolute Gasteiger partial charge is 0.464 e. The number of hydrogen-bond donors (Lipinski definition) is 3. The van der Waals surface area contributed by atoms with Gasteiger partial charge in [-0.25, -0.2) is 8.57 Å². The van der Waals surface area contributed by atoms with Crippen LogP contribution in [0.5, 0.6) is 0 Å². The Bertz CT molecular complexity index is 1120. The molecule has 1 aromatic heterocycles. The number of nitrogens with one attached hydrogen (secondary N) is 1. The zero-order chi connectivity index (χ0) is 21.0. The Hall–Kier alpha value is -2.62. The molecular formula is C20H23BN2O5S. The van der Waals surface area contributed by atoms with Gasteiger partial charge >= 0.3 is 7.12 Å². The van der Waals surface area contributed by atoms with E-state index in [0.717, 1.165) is 16.5 Å². The number of furan rings is 1. The Morgan fingerprint density at radius 3 is 2.55 bits per heavy atom. The van der Waals surface area contributed by atoms with Crippen LogP contribution in [0, 0.1) is 0 Å². The Kier molecular flexibility index (Phi) is 6.41. The van der Waals surface area contributed by atoms with E-state index in [1.165, 1.54) is 7.05 Å². The summed E-state index contributed by atoms with van der Waals surface area (Å²) in [5.41, 5.74) is 2.20. The number of benzene rings is 2. The molecule has 3 aromatic rings. The quantitative estimate of drug-likeness (QED) is 0.511. The van der Waals surface area contributed by atoms with Crippen molar-refractivity contribution in [2.24, 2.45) is 4.36 Å². The lowest BCUT2D eigenvalue weighted by molar-refractivity contribution is -0.120. The van der Waals surface area contributed by atoms with E-state index < -0.39 is 22.8 Å². The van der Waals surface area contributed by atoms with Crippen LogP contribution in [0.3, 0.4) is 0 Å². The molecule has 1 unspecified atom stereocenters. The van der Waals surface area contributed by atoms with Crippen molar-refractivity contribution in [3.63, 3.8) is 0 Å². The summed E-state index contributed by atoms with van der Waals surface area (Å²) in [5, 5.41) is 23.0. The number of carbonyl (C=O) groups excluding carboxylic acids is 1. The molecule has 3 rings (SSSR count). The van der Waals surface area contributed by atoms with E-state index in [4.69, 9.17) is 4.42 Å². The van der Waals surface area contributed by atoms with Crippen LogP contribution in [-0.2, 0) is 27.4 Å². The first-order valence-electron chi connectivity index (χ1n) is 9.10. The van der Waals surface area contributed by atoms with E-state index in [9.17, 15) is 19.1 Å². The van der Waals surface area contributed by atoms with Crippen LogP contribution in [-0.4, -0.2) is 46.5 Å². The zero-order valence-electron chi connectivity index (χ0n) is 16.2. The largest absolute Gasteiger partial charge is 0.475 e. The molecule has 29 heavy (non-hydrogen) atoms. The van der Waals surface area contributed by atoms with Crippen LogP contribution < -0.4 is 5.32 Å². The summed E-state index contributed by atoms with van der Waals surface area (Å²) < 4.78 is 21.6. The van der Waals surface area contributed by atoms with Crippen LogP contribution in [0.25, 0.3) is 11.0 Å². The van der Waals surface area contributed by atoms with E-state index in [-0.39, 0.29) is 18.7 Å². The Balaban J connectivity index is 1.68. The summed E-state index contributed by atoms with van der Waals surface area (Å²) in [5.74, 6) is -1.22. The van der Waals surface area contributed by atoms with Crippen LogP contribution in [0.2, 0.25) is 0 Å². The van der Waals surface area contributed by atoms with Crippen molar-refractivity contribution in [2.75, 3.05) is 13.3 Å². The maximum atomic E-state index is 12.4. The van der Waals surface area contributed by atoms with Gasteiger partial charge < -0.3 is 19.8 Å². The molecule has 0 radical (unpaired) electrons. The van der Waals surface area contributed by atoms with Crippen LogP contribution in [0.15, 0.2) is 68.5 Å². The summed E-state index contributed by atoms with van der Waals surface area (Å²) in [6.45, 7) is 0. The number of nitrogens with zero attached hydrogens (tertiary/aromatic N) is 1. The molecule has 0 saturated heterocycles. The molecule has 0 aliphatic heterocycles. The van der Waals surface area contributed by atoms with E-state index in [2.05, 4.69) is 9.68 Å². The van der Waals surface area contributed by atoms with Crippen molar-refractivity contribution in [2.45, 2.75) is 23.7 Å². The first-order chi connectivity index (χ1) is 13.8. The van der Waals surface area contributed by atoms with Gasteiger partial charge in [-0.1, -0.05) is 30.3 Å². The van der Waals surface area contributed by atoms with Crippen LogP contribution >= 0.6 is 0 Å². The van der Waals surface area contributed by atoms with Gasteiger partial charge in [-0.05, 0) is 35.7 Å². The van der Waals surface area contributed by atoms with Gasteiger partial charge in [0.2, 0.25) is 5.91 Å². The van der Waals surface area contributed by atoms with E-state index >= 15 is 0 Å². The van der Waals surface area contributed by atoms with Gasteiger partial charge in [0.05, 0.1) is 28.4 Å². The summed E-state index contributed by atoms with van der Waals surface area (Å²) in [7, 11) is -2.63. The number of hydrogen-bond acceptors (Lipinski definition) is 6. The topological polar surface area (TPSA) is 112 Å². The first kappa shape index (κ1) is 21.1. The highest BCUT2D eigenvalue weighted by molar-refractivity contribution is 7.93. The van der Waals surface area contributed by atoms with Crippen molar-refractivity contribution in [1.29, 1.82) is 0 Å². The van der Waals surface area contributed by atoms with Gasteiger partial charge in [-0.15, -0.1) is 0 Å². The predicted octanol–water partition coefficient (Wildman–Crippen LogP) is 1.80. The number of fused-ring (bicyclic) bond motifs is 1. The highest BCUT2D eigenvalue weighted by atomic mass is 32.2. The second-order valence-corrected chi connectivity index (χ2v) is 9.30. The van der Waals surface area contributed by atoms with Gasteiger partial charge in [0.1, 0.15) is 5.58 Å². The SMILES string of the molecule is CN=S(C)(=O)c1ccc(CC(=O)N[C@@H](Cc2coc3ccccc23)B(O)O)cc1. The molecular weight excluding hydrogens is 391 g/mol. The van der Waals surface area contributed by atoms with Crippen molar-refractivity contribution >= 4 is 33.7 Å². The fourth-order valence-electron chi connectivity index (χ4n) is 3.07. The number of amides is 1. The predicted molar refractivity (Wildman–Crippen MR) is 113 cm³/mol. The highest BCUT2D eigenvalue weighted by Gasteiger charge is 2.27. The van der Waals surface area contributed by atoms with Gasteiger partial charge in [-0.3, -0.25) is 4.79 Å². The average Bonchev–Trinajstić information content (AvgIpc) is 3.11. The van der Waals surface area contributed by atoms with E-state index in [1.54, 1.807) is 36.8 Å². The molecule has 1 heterocycles. The molecule has 7 nitrogen and oxygen atoms in total. The summed E-state index contributed by atoms with van der Waals surface area (Å²) in [6.07, 6.45) is 3.40. The first-order valence-corrected chi connectivity index (χ1v) is 11.0. The molecule has 9 heteroatoms. The van der Waals surface area contributed by atoms with Gasteiger partial charge in [0.25, 0.3) is 0 Å². The van der Waals surface area contributed by atoms with Crippen LogP contribution in [0.1, 0.15) is 11.1 Å². The highest BCUT2D eigenvalue weighted by Crippen LogP contribution is 2.22. The monoisotopic (exact) mass is 414 g/mol. The van der Waals surface area contributed by atoms with E-state index in [1.807, 2.05) is 24.3 Å². The number of carbonyl (C=O) groups is 1.